The van der Waals surface area contributed by atoms with Gasteiger partial charge >= 0.3 is 0 Å². The molecule has 0 unspecified atom stereocenters. The molecule has 0 saturated heterocycles. The number of rotatable bonds is 9. The summed E-state index contributed by atoms with van der Waals surface area (Å²) in [5, 5.41) is 7.55. The third-order valence-corrected chi connectivity index (χ3v) is 4.30. The van der Waals surface area contributed by atoms with Crippen molar-refractivity contribution in [3.8, 4) is 0 Å². The van der Waals surface area contributed by atoms with E-state index in [9.17, 15) is 0 Å². The molecule has 6 heteroatoms. The summed E-state index contributed by atoms with van der Waals surface area (Å²) in [4.78, 5) is 11.4. The van der Waals surface area contributed by atoms with Crippen molar-refractivity contribution in [3.63, 3.8) is 0 Å². The molecule has 0 aliphatic heterocycles. The number of hydrogen-bond acceptors (Lipinski definition) is 6. The van der Waals surface area contributed by atoms with Gasteiger partial charge in [0.15, 0.2) is 0 Å². The van der Waals surface area contributed by atoms with Crippen LogP contribution < -0.4 is 10.6 Å². The van der Waals surface area contributed by atoms with Gasteiger partial charge in [-0.25, -0.2) is 4.98 Å². The van der Waals surface area contributed by atoms with Gasteiger partial charge in [-0.3, -0.25) is 0 Å². The number of anilines is 2. The quantitative estimate of drug-likeness (QED) is 0.694. The molecule has 0 aromatic carbocycles. The van der Waals surface area contributed by atoms with Crippen LogP contribution in [0.25, 0.3) is 10.2 Å². The van der Waals surface area contributed by atoms with Gasteiger partial charge in [0.05, 0.1) is 5.39 Å². The first kappa shape index (κ1) is 16.0. The van der Waals surface area contributed by atoms with Crippen molar-refractivity contribution in [1.29, 1.82) is 0 Å². The highest BCUT2D eigenvalue weighted by Gasteiger charge is 2.10. The van der Waals surface area contributed by atoms with Gasteiger partial charge in [0.2, 0.25) is 5.95 Å². The van der Waals surface area contributed by atoms with Crippen LogP contribution in [0.5, 0.6) is 0 Å². The summed E-state index contributed by atoms with van der Waals surface area (Å²) in [6.07, 6.45) is 3.07. The number of thiophene rings is 1. The molecule has 2 N–H and O–H groups in total. The van der Waals surface area contributed by atoms with Crippen molar-refractivity contribution >= 4 is 33.3 Å². The molecule has 2 aromatic rings. The first-order valence-electron chi connectivity index (χ1n) is 7.58. The lowest BCUT2D eigenvalue weighted by Crippen LogP contribution is -2.09. The lowest BCUT2D eigenvalue weighted by Gasteiger charge is -2.08. The number of fused-ring (bicyclic) bond motifs is 1. The molecule has 0 amide bonds. The molecule has 0 saturated carbocycles. The van der Waals surface area contributed by atoms with E-state index >= 15 is 0 Å². The average molecular weight is 308 g/mol. The highest BCUT2D eigenvalue weighted by molar-refractivity contribution is 7.18. The zero-order chi connectivity index (χ0) is 15.1. The summed E-state index contributed by atoms with van der Waals surface area (Å²) in [6, 6.07) is 2.19. The molecular formula is C15H24N4OS. The fraction of sp³-hybridized carbons (Fsp3) is 0.600. The first-order chi connectivity index (χ1) is 10.3. The Morgan fingerprint density at radius 1 is 1.24 bits per heavy atom. The van der Waals surface area contributed by atoms with Gasteiger partial charge in [0.25, 0.3) is 0 Å². The zero-order valence-electron chi connectivity index (χ0n) is 13.0. The fourth-order valence-electron chi connectivity index (χ4n) is 2.02. The van der Waals surface area contributed by atoms with Crippen LogP contribution >= 0.6 is 11.3 Å². The van der Waals surface area contributed by atoms with Crippen LogP contribution in [0.3, 0.4) is 0 Å². The van der Waals surface area contributed by atoms with Crippen LogP contribution in [-0.2, 0) is 11.2 Å². The largest absolute Gasteiger partial charge is 0.381 e. The van der Waals surface area contributed by atoms with Crippen LogP contribution in [0.15, 0.2) is 6.07 Å². The Labute approximate surface area is 130 Å². The van der Waals surface area contributed by atoms with E-state index in [0.29, 0.717) is 5.95 Å². The van der Waals surface area contributed by atoms with Crippen molar-refractivity contribution < 1.29 is 4.74 Å². The number of aromatic nitrogens is 2. The standard InChI is InChI=1S/C15H24N4OS/c1-4-8-20-9-6-7-17-13-12-10-11(5-2)21-14(12)19-15(16-3)18-13/h10H,4-9H2,1-3H3,(H2,16,17,18,19). The fourth-order valence-corrected chi connectivity index (χ4v) is 2.99. The summed E-state index contributed by atoms with van der Waals surface area (Å²) in [6.45, 7) is 6.77. The monoisotopic (exact) mass is 308 g/mol. The topological polar surface area (TPSA) is 59.1 Å². The lowest BCUT2D eigenvalue weighted by atomic mass is 10.3. The Balaban J connectivity index is 2.04. The van der Waals surface area contributed by atoms with Crippen LogP contribution in [0, 0.1) is 0 Å². The van der Waals surface area contributed by atoms with Crippen LogP contribution in [-0.4, -0.2) is 36.8 Å². The second-order valence-electron chi connectivity index (χ2n) is 4.82. The third-order valence-electron chi connectivity index (χ3n) is 3.12. The van der Waals surface area contributed by atoms with Crippen molar-refractivity contribution in [2.24, 2.45) is 0 Å². The maximum atomic E-state index is 5.49. The summed E-state index contributed by atoms with van der Waals surface area (Å²) in [5.41, 5.74) is 0. The van der Waals surface area contributed by atoms with E-state index in [1.165, 1.54) is 4.88 Å². The highest BCUT2D eigenvalue weighted by atomic mass is 32.1. The minimum atomic E-state index is 0.664. The Kier molecular flexibility index (Phi) is 6.20. The molecule has 0 atom stereocenters. The Morgan fingerprint density at radius 3 is 2.81 bits per heavy atom. The van der Waals surface area contributed by atoms with Crippen molar-refractivity contribution in [1.82, 2.24) is 9.97 Å². The molecule has 0 fully saturated rings. The second kappa shape index (κ2) is 8.14. The SMILES string of the molecule is CCCOCCCNc1nc(NC)nc2sc(CC)cc12. The van der Waals surface area contributed by atoms with E-state index < -0.39 is 0 Å². The molecule has 0 spiro atoms. The van der Waals surface area contributed by atoms with Gasteiger partial charge in [0.1, 0.15) is 10.6 Å². The maximum absolute atomic E-state index is 5.49. The normalized spacial score (nSPS) is 11.0. The zero-order valence-corrected chi connectivity index (χ0v) is 13.8. The molecule has 2 rings (SSSR count). The van der Waals surface area contributed by atoms with Crippen molar-refractivity contribution in [2.45, 2.75) is 33.1 Å². The molecule has 2 heterocycles. The summed E-state index contributed by atoms with van der Waals surface area (Å²) in [7, 11) is 1.85. The van der Waals surface area contributed by atoms with E-state index in [1.54, 1.807) is 11.3 Å². The van der Waals surface area contributed by atoms with Crippen LogP contribution in [0.4, 0.5) is 11.8 Å². The molecular weight excluding hydrogens is 284 g/mol. The molecule has 5 nitrogen and oxygen atoms in total. The molecule has 0 radical (unpaired) electrons. The third kappa shape index (κ3) is 4.28. The van der Waals surface area contributed by atoms with E-state index in [4.69, 9.17) is 4.74 Å². The summed E-state index contributed by atoms with van der Waals surface area (Å²) < 4.78 is 5.49. The van der Waals surface area contributed by atoms with Crippen molar-refractivity contribution in [3.05, 3.63) is 10.9 Å². The molecule has 0 aliphatic carbocycles. The van der Waals surface area contributed by atoms with Gasteiger partial charge in [-0.05, 0) is 25.3 Å². The minimum absolute atomic E-state index is 0.664. The van der Waals surface area contributed by atoms with E-state index in [1.807, 2.05) is 7.05 Å². The van der Waals surface area contributed by atoms with Crippen LogP contribution in [0.1, 0.15) is 31.6 Å². The number of hydrogen-bond donors (Lipinski definition) is 2. The number of nitrogens with one attached hydrogen (secondary N) is 2. The van der Waals surface area contributed by atoms with E-state index in [-0.39, 0.29) is 0 Å². The predicted molar refractivity (Wildman–Crippen MR) is 90.6 cm³/mol. The van der Waals surface area contributed by atoms with Gasteiger partial charge in [0, 0.05) is 31.7 Å². The first-order valence-corrected chi connectivity index (χ1v) is 8.40. The Bertz CT molecular complexity index is 570. The van der Waals surface area contributed by atoms with Gasteiger partial charge in [-0.15, -0.1) is 11.3 Å². The molecule has 21 heavy (non-hydrogen) atoms. The molecule has 116 valence electrons. The summed E-state index contributed by atoms with van der Waals surface area (Å²) >= 11 is 1.74. The number of nitrogens with zero attached hydrogens (tertiary/aromatic N) is 2. The minimum Gasteiger partial charge on any atom is -0.381 e. The second-order valence-corrected chi connectivity index (χ2v) is 5.94. The molecule has 2 aromatic heterocycles. The predicted octanol–water partition coefficient (Wildman–Crippen LogP) is 3.52. The number of aryl methyl sites for hydroxylation is 1. The van der Waals surface area contributed by atoms with E-state index in [2.05, 4.69) is 40.5 Å². The number of ether oxygens (including phenoxy) is 1. The molecule has 0 bridgehead atoms. The van der Waals surface area contributed by atoms with Crippen LogP contribution in [0.2, 0.25) is 0 Å². The van der Waals surface area contributed by atoms with Gasteiger partial charge in [-0.1, -0.05) is 13.8 Å². The molecule has 0 aliphatic rings. The smallest absolute Gasteiger partial charge is 0.225 e. The Morgan fingerprint density at radius 2 is 2.10 bits per heavy atom. The van der Waals surface area contributed by atoms with E-state index in [0.717, 1.165) is 55.1 Å². The van der Waals surface area contributed by atoms with Gasteiger partial charge in [-0.2, -0.15) is 4.98 Å². The summed E-state index contributed by atoms with van der Waals surface area (Å²) in [5.74, 6) is 1.58. The Hall–Kier alpha value is -1.40. The maximum Gasteiger partial charge on any atom is 0.225 e. The lowest BCUT2D eigenvalue weighted by molar-refractivity contribution is 0.134. The van der Waals surface area contributed by atoms with Gasteiger partial charge < -0.3 is 15.4 Å². The van der Waals surface area contributed by atoms with Crippen molar-refractivity contribution in [2.75, 3.05) is 37.4 Å². The average Bonchev–Trinajstić information content (AvgIpc) is 2.93. The highest BCUT2D eigenvalue weighted by Crippen LogP contribution is 2.30.